The van der Waals surface area contributed by atoms with Crippen molar-refractivity contribution in [1.82, 2.24) is 5.32 Å². The van der Waals surface area contributed by atoms with Crippen LogP contribution in [0, 0.1) is 0 Å². The van der Waals surface area contributed by atoms with Gasteiger partial charge >= 0.3 is 5.97 Å². The van der Waals surface area contributed by atoms with E-state index in [1.807, 2.05) is 6.92 Å². The van der Waals surface area contributed by atoms with E-state index in [9.17, 15) is 9.59 Å². The van der Waals surface area contributed by atoms with Gasteiger partial charge in [-0.05, 0) is 18.6 Å². The number of unbranched alkanes of at least 4 members (excludes halogenated alkanes) is 1. The Labute approximate surface area is 133 Å². The maximum atomic E-state index is 11.5. The van der Waals surface area contributed by atoms with Gasteiger partial charge in [0.05, 0.1) is 16.7 Å². The summed E-state index contributed by atoms with van der Waals surface area (Å²) >= 11 is 11.6. The molecular weight excluding hydrogens is 317 g/mol. The minimum atomic E-state index is -0.466. The molecule has 0 radical (unpaired) electrons. The molecule has 1 amide bonds. The topological polar surface area (TPSA) is 64.6 Å². The highest BCUT2D eigenvalue weighted by Crippen LogP contribution is 2.26. The van der Waals surface area contributed by atoms with Crippen LogP contribution in [-0.2, 0) is 14.3 Å². The van der Waals surface area contributed by atoms with E-state index in [0.717, 1.165) is 12.8 Å². The van der Waals surface area contributed by atoms with Gasteiger partial charge in [-0.1, -0.05) is 36.5 Å². The average Bonchev–Trinajstić information content (AvgIpc) is 2.46. The lowest BCUT2D eigenvalue weighted by atomic mass is 10.3. The molecule has 5 nitrogen and oxygen atoms in total. The molecule has 0 aromatic heterocycles. The first kappa shape index (κ1) is 17.6. The maximum absolute atomic E-state index is 11.5. The van der Waals surface area contributed by atoms with E-state index in [1.54, 1.807) is 12.1 Å². The molecule has 0 aliphatic rings. The van der Waals surface area contributed by atoms with Gasteiger partial charge in [0.15, 0.2) is 6.61 Å². The highest BCUT2D eigenvalue weighted by molar-refractivity contribution is 6.42. The molecule has 1 aromatic rings. The van der Waals surface area contributed by atoms with Crippen LogP contribution >= 0.6 is 23.2 Å². The Hall–Kier alpha value is -1.46. The molecule has 0 unspecified atom stereocenters. The van der Waals surface area contributed by atoms with Crippen molar-refractivity contribution in [2.75, 3.05) is 19.8 Å². The fourth-order valence-corrected chi connectivity index (χ4v) is 1.61. The summed E-state index contributed by atoms with van der Waals surface area (Å²) in [4.78, 5) is 22.8. The summed E-state index contributed by atoms with van der Waals surface area (Å²) in [6, 6.07) is 4.68. The van der Waals surface area contributed by atoms with Gasteiger partial charge in [0.1, 0.15) is 12.3 Å². The van der Waals surface area contributed by atoms with Gasteiger partial charge in [-0.15, -0.1) is 0 Å². The molecule has 21 heavy (non-hydrogen) atoms. The van der Waals surface area contributed by atoms with Crippen LogP contribution in [0.3, 0.4) is 0 Å². The van der Waals surface area contributed by atoms with E-state index in [4.69, 9.17) is 32.7 Å². The first-order valence-corrected chi connectivity index (χ1v) is 7.28. The quantitative estimate of drug-likeness (QED) is 0.586. The summed E-state index contributed by atoms with van der Waals surface area (Å²) < 4.78 is 10.1. The summed E-state index contributed by atoms with van der Waals surface area (Å²) in [6.45, 7) is 1.97. The molecule has 1 aromatic carbocycles. The van der Waals surface area contributed by atoms with Crippen LogP contribution in [-0.4, -0.2) is 31.6 Å². The molecule has 7 heteroatoms. The van der Waals surface area contributed by atoms with Gasteiger partial charge in [-0.2, -0.15) is 0 Å². The van der Waals surface area contributed by atoms with Crippen LogP contribution in [0.2, 0.25) is 10.0 Å². The Bertz CT molecular complexity index is 494. The minimum Gasteiger partial charge on any atom is -0.484 e. The Kier molecular flexibility index (Phi) is 7.93. The Morgan fingerprint density at radius 1 is 1.24 bits per heavy atom. The lowest BCUT2D eigenvalue weighted by Crippen LogP contribution is -2.34. The highest BCUT2D eigenvalue weighted by Gasteiger charge is 2.08. The van der Waals surface area contributed by atoms with Crippen molar-refractivity contribution in [3.05, 3.63) is 28.2 Å². The molecule has 116 valence electrons. The van der Waals surface area contributed by atoms with Crippen LogP contribution in [0.4, 0.5) is 0 Å². The Balaban J connectivity index is 2.24. The van der Waals surface area contributed by atoms with Gasteiger partial charge < -0.3 is 14.8 Å². The molecule has 0 aliphatic carbocycles. The number of hydrogen-bond acceptors (Lipinski definition) is 4. The van der Waals surface area contributed by atoms with Crippen molar-refractivity contribution in [2.24, 2.45) is 0 Å². The van der Waals surface area contributed by atoms with E-state index in [-0.39, 0.29) is 13.2 Å². The number of amides is 1. The number of nitrogens with one attached hydrogen (secondary N) is 1. The fraction of sp³-hybridized carbons (Fsp3) is 0.429. The van der Waals surface area contributed by atoms with E-state index in [2.05, 4.69) is 5.32 Å². The molecule has 0 saturated heterocycles. The molecule has 0 saturated carbocycles. The SMILES string of the molecule is CCCCOC(=O)CNC(=O)COc1ccc(Cl)c(Cl)c1. The summed E-state index contributed by atoms with van der Waals surface area (Å²) in [5, 5.41) is 3.16. The van der Waals surface area contributed by atoms with Crippen molar-refractivity contribution in [1.29, 1.82) is 0 Å². The molecule has 1 N–H and O–H groups in total. The smallest absolute Gasteiger partial charge is 0.325 e. The van der Waals surface area contributed by atoms with Crippen molar-refractivity contribution < 1.29 is 19.1 Å². The predicted octanol–water partition coefficient (Wildman–Crippen LogP) is 2.83. The summed E-state index contributed by atoms with van der Waals surface area (Å²) in [6.07, 6.45) is 1.75. The second kappa shape index (κ2) is 9.47. The molecule has 0 heterocycles. The zero-order valence-corrected chi connectivity index (χ0v) is 13.2. The minimum absolute atomic E-state index is 0.173. The summed E-state index contributed by atoms with van der Waals surface area (Å²) in [5.74, 6) is -0.468. The number of esters is 1. The molecule has 1 rings (SSSR count). The van der Waals surface area contributed by atoms with Gasteiger partial charge in [0, 0.05) is 6.07 Å². The number of hydrogen-bond donors (Lipinski definition) is 1. The summed E-state index contributed by atoms with van der Waals surface area (Å²) in [7, 11) is 0. The first-order chi connectivity index (χ1) is 10.0. The van der Waals surface area contributed by atoms with Crippen LogP contribution in [0.1, 0.15) is 19.8 Å². The number of carbonyl (C=O) groups is 2. The van der Waals surface area contributed by atoms with Crippen molar-refractivity contribution >= 4 is 35.1 Å². The lowest BCUT2D eigenvalue weighted by molar-refractivity contribution is -0.144. The van der Waals surface area contributed by atoms with E-state index < -0.39 is 11.9 Å². The third-order valence-corrected chi connectivity index (χ3v) is 3.19. The molecule has 0 spiro atoms. The van der Waals surface area contributed by atoms with Gasteiger partial charge in [0.2, 0.25) is 0 Å². The number of halogens is 2. The molecule has 0 aliphatic heterocycles. The molecule has 0 fully saturated rings. The van der Waals surface area contributed by atoms with Gasteiger partial charge in [-0.25, -0.2) is 0 Å². The number of rotatable bonds is 8. The monoisotopic (exact) mass is 333 g/mol. The fourth-order valence-electron chi connectivity index (χ4n) is 1.32. The third kappa shape index (κ3) is 7.20. The summed E-state index contributed by atoms with van der Waals surface area (Å²) in [5.41, 5.74) is 0. The Morgan fingerprint density at radius 2 is 2.00 bits per heavy atom. The normalized spacial score (nSPS) is 10.0. The van der Waals surface area contributed by atoms with Gasteiger partial charge in [0.25, 0.3) is 5.91 Å². The average molecular weight is 334 g/mol. The standard InChI is InChI=1S/C14H17Cl2NO4/c1-2-3-6-20-14(19)8-17-13(18)9-21-10-4-5-11(15)12(16)7-10/h4-5,7H,2-3,6,8-9H2,1H3,(H,17,18). The van der Waals surface area contributed by atoms with E-state index >= 15 is 0 Å². The largest absolute Gasteiger partial charge is 0.484 e. The van der Waals surface area contributed by atoms with Crippen molar-refractivity contribution in [3.8, 4) is 5.75 Å². The van der Waals surface area contributed by atoms with Crippen molar-refractivity contribution in [3.63, 3.8) is 0 Å². The Morgan fingerprint density at radius 3 is 2.67 bits per heavy atom. The lowest BCUT2D eigenvalue weighted by Gasteiger charge is -2.08. The number of benzene rings is 1. The highest BCUT2D eigenvalue weighted by atomic mass is 35.5. The zero-order valence-electron chi connectivity index (χ0n) is 11.7. The maximum Gasteiger partial charge on any atom is 0.325 e. The zero-order chi connectivity index (χ0) is 15.7. The predicted molar refractivity (Wildman–Crippen MR) is 80.8 cm³/mol. The second-order valence-electron chi connectivity index (χ2n) is 4.22. The molecule has 0 bridgehead atoms. The van der Waals surface area contributed by atoms with Crippen LogP contribution < -0.4 is 10.1 Å². The van der Waals surface area contributed by atoms with E-state index in [1.165, 1.54) is 6.07 Å². The molecule has 0 atom stereocenters. The van der Waals surface area contributed by atoms with Crippen LogP contribution in [0.5, 0.6) is 5.75 Å². The first-order valence-electron chi connectivity index (χ1n) is 6.53. The van der Waals surface area contributed by atoms with E-state index in [0.29, 0.717) is 22.4 Å². The van der Waals surface area contributed by atoms with Crippen LogP contribution in [0.15, 0.2) is 18.2 Å². The second-order valence-corrected chi connectivity index (χ2v) is 5.03. The third-order valence-electron chi connectivity index (χ3n) is 2.45. The van der Waals surface area contributed by atoms with Crippen molar-refractivity contribution in [2.45, 2.75) is 19.8 Å². The van der Waals surface area contributed by atoms with Gasteiger partial charge in [-0.3, -0.25) is 9.59 Å². The number of carbonyl (C=O) groups excluding carboxylic acids is 2. The molecular formula is C14H17Cl2NO4. The number of ether oxygens (including phenoxy) is 2. The van der Waals surface area contributed by atoms with Crippen LogP contribution in [0.25, 0.3) is 0 Å².